The Balaban J connectivity index is 1.66. The molecule has 6 heteroatoms. The third-order valence-corrected chi connectivity index (χ3v) is 4.06. The number of aryl methyl sites for hydroxylation is 2. The maximum atomic E-state index is 12.5. The average molecular weight is 362 g/mol. The van der Waals surface area contributed by atoms with Gasteiger partial charge < -0.3 is 15.4 Å². The summed E-state index contributed by atoms with van der Waals surface area (Å²) in [7, 11) is 0. The van der Waals surface area contributed by atoms with Crippen molar-refractivity contribution in [2.75, 3.05) is 17.2 Å². The van der Waals surface area contributed by atoms with Gasteiger partial charge in [0.05, 0.1) is 12.2 Å². The first-order valence-corrected chi connectivity index (χ1v) is 8.76. The molecule has 0 aliphatic carbocycles. The Hall–Kier alpha value is -3.41. The zero-order chi connectivity index (χ0) is 19.2. The third-order valence-electron chi connectivity index (χ3n) is 4.06. The molecular formula is C21H22N4O2. The van der Waals surface area contributed by atoms with E-state index in [1.54, 1.807) is 0 Å². The van der Waals surface area contributed by atoms with Gasteiger partial charge >= 0.3 is 0 Å². The normalized spacial score (nSPS) is 10.3. The molecule has 1 heterocycles. The molecule has 0 spiro atoms. The van der Waals surface area contributed by atoms with Crippen molar-refractivity contribution in [1.29, 1.82) is 0 Å². The van der Waals surface area contributed by atoms with E-state index in [4.69, 9.17) is 4.74 Å². The van der Waals surface area contributed by atoms with Crippen molar-refractivity contribution in [3.05, 3.63) is 71.5 Å². The highest BCUT2D eigenvalue weighted by molar-refractivity contribution is 6.04. The quantitative estimate of drug-likeness (QED) is 0.676. The number of carbonyl (C=O) groups is 1. The molecule has 0 radical (unpaired) electrons. The molecule has 27 heavy (non-hydrogen) atoms. The van der Waals surface area contributed by atoms with E-state index in [0.29, 0.717) is 18.1 Å². The summed E-state index contributed by atoms with van der Waals surface area (Å²) in [6, 6.07) is 13.4. The molecule has 138 valence electrons. The molecule has 3 aromatic rings. The Morgan fingerprint density at radius 1 is 1.00 bits per heavy atom. The number of nitrogens with zero attached hydrogens (tertiary/aromatic N) is 2. The van der Waals surface area contributed by atoms with Gasteiger partial charge in [-0.2, -0.15) is 0 Å². The van der Waals surface area contributed by atoms with E-state index in [1.165, 1.54) is 12.4 Å². The van der Waals surface area contributed by atoms with Gasteiger partial charge in [-0.1, -0.05) is 18.2 Å². The predicted octanol–water partition coefficient (Wildman–Crippen LogP) is 4.49. The highest BCUT2D eigenvalue weighted by Crippen LogP contribution is 2.21. The van der Waals surface area contributed by atoms with Crippen LogP contribution in [0.2, 0.25) is 0 Å². The number of carbonyl (C=O) groups excluding carboxylic acids is 1. The maximum absolute atomic E-state index is 12.5. The summed E-state index contributed by atoms with van der Waals surface area (Å²) >= 11 is 0. The SMILES string of the molecule is CCOc1ccc(Nc2ncc(C(=O)Nc3c(C)cccc3C)cn2)cc1. The summed E-state index contributed by atoms with van der Waals surface area (Å²) in [4.78, 5) is 20.9. The maximum Gasteiger partial charge on any atom is 0.258 e. The lowest BCUT2D eigenvalue weighted by Crippen LogP contribution is -2.14. The van der Waals surface area contributed by atoms with E-state index in [0.717, 1.165) is 28.3 Å². The van der Waals surface area contributed by atoms with Crippen LogP contribution in [-0.2, 0) is 0 Å². The van der Waals surface area contributed by atoms with Crippen molar-refractivity contribution >= 4 is 23.2 Å². The van der Waals surface area contributed by atoms with E-state index in [-0.39, 0.29) is 5.91 Å². The second-order valence-electron chi connectivity index (χ2n) is 6.10. The predicted molar refractivity (Wildman–Crippen MR) is 107 cm³/mol. The first-order chi connectivity index (χ1) is 13.1. The number of amides is 1. The number of hydrogen-bond donors (Lipinski definition) is 2. The minimum atomic E-state index is -0.236. The summed E-state index contributed by atoms with van der Waals surface area (Å²) in [5.74, 6) is 0.991. The van der Waals surface area contributed by atoms with Crippen molar-refractivity contribution in [1.82, 2.24) is 9.97 Å². The fourth-order valence-corrected chi connectivity index (χ4v) is 2.64. The van der Waals surface area contributed by atoms with Crippen LogP contribution in [0.1, 0.15) is 28.4 Å². The monoisotopic (exact) mass is 362 g/mol. The highest BCUT2D eigenvalue weighted by atomic mass is 16.5. The second kappa shape index (κ2) is 8.31. The number of anilines is 3. The zero-order valence-corrected chi connectivity index (χ0v) is 15.6. The minimum Gasteiger partial charge on any atom is -0.494 e. The molecule has 2 N–H and O–H groups in total. The molecule has 0 saturated heterocycles. The summed E-state index contributed by atoms with van der Waals surface area (Å²) in [6.07, 6.45) is 3.01. The fourth-order valence-electron chi connectivity index (χ4n) is 2.64. The minimum absolute atomic E-state index is 0.236. The van der Waals surface area contributed by atoms with Crippen LogP contribution in [0.5, 0.6) is 5.75 Å². The van der Waals surface area contributed by atoms with Crippen LogP contribution < -0.4 is 15.4 Å². The van der Waals surface area contributed by atoms with Crippen molar-refractivity contribution in [2.24, 2.45) is 0 Å². The van der Waals surface area contributed by atoms with Crippen LogP contribution in [0, 0.1) is 13.8 Å². The summed E-state index contributed by atoms with van der Waals surface area (Å²) in [5, 5.41) is 6.03. The first kappa shape index (κ1) is 18.4. The van der Waals surface area contributed by atoms with Gasteiger partial charge in [-0.25, -0.2) is 9.97 Å². The standard InChI is InChI=1S/C21H22N4O2/c1-4-27-18-10-8-17(9-11-18)24-21-22-12-16(13-23-21)20(26)25-19-14(2)6-5-7-15(19)3/h5-13H,4H2,1-3H3,(H,25,26)(H,22,23,24). The van der Waals surface area contributed by atoms with Crippen molar-refractivity contribution in [2.45, 2.75) is 20.8 Å². The number of nitrogens with one attached hydrogen (secondary N) is 2. The van der Waals surface area contributed by atoms with Gasteiger partial charge in [-0.3, -0.25) is 4.79 Å². The molecule has 6 nitrogen and oxygen atoms in total. The number of ether oxygens (including phenoxy) is 1. The van der Waals surface area contributed by atoms with Gasteiger partial charge in [0.1, 0.15) is 5.75 Å². The number of benzene rings is 2. The van der Waals surface area contributed by atoms with Crippen LogP contribution in [0.25, 0.3) is 0 Å². The molecule has 3 rings (SSSR count). The molecule has 0 fully saturated rings. The van der Waals surface area contributed by atoms with Crippen LogP contribution in [0.3, 0.4) is 0 Å². The van der Waals surface area contributed by atoms with Gasteiger partial charge in [0.15, 0.2) is 0 Å². The third kappa shape index (κ3) is 4.61. The lowest BCUT2D eigenvalue weighted by Gasteiger charge is -2.11. The molecule has 1 amide bonds. The Labute approximate surface area is 158 Å². The molecule has 0 aliphatic rings. The van der Waals surface area contributed by atoms with Crippen LogP contribution in [0.15, 0.2) is 54.9 Å². The molecule has 1 aromatic heterocycles. The average Bonchev–Trinajstić information content (AvgIpc) is 2.67. The van der Waals surface area contributed by atoms with Gasteiger partial charge in [-0.15, -0.1) is 0 Å². The van der Waals surface area contributed by atoms with Gasteiger partial charge in [-0.05, 0) is 56.2 Å². The van der Waals surface area contributed by atoms with E-state index < -0.39 is 0 Å². The number of hydrogen-bond acceptors (Lipinski definition) is 5. The smallest absolute Gasteiger partial charge is 0.258 e. The summed E-state index contributed by atoms with van der Waals surface area (Å²) in [5.41, 5.74) is 4.08. The van der Waals surface area contributed by atoms with E-state index in [9.17, 15) is 4.79 Å². The van der Waals surface area contributed by atoms with Crippen LogP contribution in [0.4, 0.5) is 17.3 Å². The number of aromatic nitrogens is 2. The van der Waals surface area contributed by atoms with E-state index in [1.807, 2.05) is 63.2 Å². The zero-order valence-electron chi connectivity index (χ0n) is 15.6. The lowest BCUT2D eigenvalue weighted by molar-refractivity contribution is 0.102. The van der Waals surface area contributed by atoms with E-state index >= 15 is 0 Å². The highest BCUT2D eigenvalue weighted by Gasteiger charge is 2.11. The van der Waals surface area contributed by atoms with Crippen molar-refractivity contribution < 1.29 is 9.53 Å². The molecule has 2 aromatic carbocycles. The largest absolute Gasteiger partial charge is 0.494 e. The number of para-hydroxylation sites is 1. The summed E-state index contributed by atoms with van der Waals surface area (Å²) < 4.78 is 5.42. The van der Waals surface area contributed by atoms with Gasteiger partial charge in [0.25, 0.3) is 5.91 Å². The second-order valence-corrected chi connectivity index (χ2v) is 6.10. The van der Waals surface area contributed by atoms with Crippen molar-refractivity contribution in [3.8, 4) is 5.75 Å². The topological polar surface area (TPSA) is 76.1 Å². The number of rotatable bonds is 6. The lowest BCUT2D eigenvalue weighted by atomic mass is 10.1. The molecule has 0 bridgehead atoms. The van der Waals surface area contributed by atoms with Gasteiger partial charge in [0.2, 0.25) is 5.95 Å². The summed E-state index contributed by atoms with van der Waals surface area (Å²) in [6.45, 7) is 6.49. The first-order valence-electron chi connectivity index (χ1n) is 8.76. The Morgan fingerprint density at radius 3 is 2.22 bits per heavy atom. The van der Waals surface area contributed by atoms with Gasteiger partial charge in [0, 0.05) is 23.8 Å². The molecular weight excluding hydrogens is 340 g/mol. The fraction of sp³-hybridized carbons (Fsp3) is 0.190. The molecule has 0 atom stereocenters. The Bertz CT molecular complexity index is 902. The Morgan fingerprint density at radius 2 is 1.63 bits per heavy atom. The van der Waals surface area contributed by atoms with Crippen molar-refractivity contribution in [3.63, 3.8) is 0 Å². The molecule has 0 saturated carbocycles. The Kier molecular flexibility index (Phi) is 5.66. The van der Waals surface area contributed by atoms with Crippen LogP contribution in [-0.4, -0.2) is 22.5 Å². The van der Waals surface area contributed by atoms with E-state index in [2.05, 4.69) is 20.6 Å². The molecule has 0 unspecified atom stereocenters. The molecule has 0 aliphatic heterocycles. The van der Waals surface area contributed by atoms with Crippen LogP contribution >= 0.6 is 0 Å².